The first-order chi connectivity index (χ1) is 20.0. The SMILES string of the molecule is O=c1cc(-c2ccc(O)cc2)oc2cc(O[C@@H]3O[C@H](CO)[C@@H](O)[C@H](O)[C@@H]3O[C@@H]3O[C@H](CO)[C@@H](O)[C@H](O)[C@H]3O)cc(O)c12. The summed E-state index contributed by atoms with van der Waals surface area (Å²) in [6.07, 6.45) is -16.7. The molecule has 9 N–H and O–H groups in total. The third-order valence-electron chi connectivity index (χ3n) is 7.15. The van der Waals surface area contributed by atoms with E-state index in [4.69, 9.17) is 23.4 Å². The van der Waals surface area contributed by atoms with Crippen LogP contribution in [-0.2, 0) is 14.2 Å². The number of aliphatic hydroxyl groups excluding tert-OH is 7. The van der Waals surface area contributed by atoms with E-state index in [9.17, 15) is 50.8 Å². The van der Waals surface area contributed by atoms with E-state index in [1.165, 1.54) is 30.3 Å². The smallest absolute Gasteiger partial charge is 0.229 e. The number of hydrogen-bond acceptors (Lipinski definition) is 15. The Bertz CT molecular complexity index is 1440. The molecule has 2 aromatic carbocycles. The molecule has 3 aromatic rings. The van der Waals surface area contributed by atoms with E-state index in [0.29, 0.717) is 5.56 Å². The quantitative estimate of drug-likeness (QED) is 0.142. The summed E-state index contributed by atoms with van der Waals surface area (Å²) in [6.45, 7) is -1.50. The number of ether oxygens (including phenoxy) is 4. The molecule has 15 nitrogen and oxygen atoms in total. The molecule has 0 saturated carbocycles. The van der Waals surface area contributed by atoms with Gasteiger partial charge in [0.05, 0.1) is 13.2 Å². The van der Waals surface area contributed by atoms with Gasteiger partial charge in [-0.15, -0.1) is 0 Å². The summed E-state index contributed by atoms with van der Waals surface area (Å²) >= 11 is 0. The highest BCUT2D eigenvalue weighted by Crippen LogP contribution is 2.35. The fourth-order valence-electron chi connectivity index (χ4n) is 4.84. The number of rotatable bonds is 7. The summed E-state index contributed by atoms with van der Waals surface area (Å²) in [5.41, 5.74) is -0.244. The number of benzene rings is 2. The van der Waals surface area contributed by atoms with E-state index in [2.05, 4.69) is 0 Å². The minimum absolute atomic E-state index is 0.00308. The average Bonchev–Trinajstić information content (AvgIpc) is 2.96. The van der Waals surface area contributed by atoms with Gasteiger partial charge in [-0.25, -0.2) is 0 Å². The van der Waals surface area contributed by atoms with Crippen molar-refractivity contribution in [1.82, 2.24) is 0 Å². The third-order valence-corrected chi connectivity index (χ3v) is 7.15. The monoisotopic (exact) mass is 594 g/mol. The maximum atomic E-state index is 12.8. The van der Waals surface area contributed by atoms with Crippen LogP contribution >= 0.6 is 0 Å². The number of aromatic hydroxyl groups is 2. The van der Waals surface area contributed by atoms with Crippen LogP contribution in [0.4, 0.5) is 0 Å². The van der Waals surface area contributed by atoms with Gasteiger partial charge in [0.2, 0.25) is 6.29 Å². The van der Waals surface area contributed by atoms with E-state index in [-0.39, 0.29) is 28.2 Å². The average molecular weight is 595 g/mol. The zero-order chi connectivity index (χ0) is 30.3. The summed E-state index contributed by atoms with van der Waals surface area (Å²) in [7, 11) is 0. The highest BCUT2D eigenvalue weighted by atomic mass is 16.8. The van der Waals surface area contributed by atoms with Gasteiger partial charge in [0.15, 0.2) is 17.8 Å². The summed E-state index contributed by atoms with van der Waals surface area (Å²) < 4.78 is 28.2. The lowest BCUT2D eigenvalue weighted by Crippen LogP contribution is -2.65. The zero-order valence-electron chi connectivity index (χ0n) is 21.7. The summed E-state index contributed by atoms with van der Waals surface area (Å²) in [5.74, 6) is -0.592. The maximum absolute atomic E-state index is 12.8. The Morgan fingerprint density at radius 3 is 2.00 bits per heavy atom. The molecule has 0 unspecified atom stereocenters. The Hall–Kier alpha value is -3.35. The van der Waals surface area contributed by atoms with Crippen molar-refractivity contribution >= 4 is 11.0 Å². The molecule has 10 atom stereocenters. The second kappa shape index (κ2) is 12.1. The lowest BCUT2D eigenvalue weighted by atomic mass is 9.97. The van der Waals surface area contributed by atoms with Crippen molar-refractivity contribution in [3.05, 3.63) is 52.7 Å². The number of phenolic OH excluding ortho intramolecular Hbond substituents is 2. The van der Waals surface area contributed by atoms with E-state index < -0.39 is 85.8 Å². The number of fused-ring (bicyclic) bond motifs is 1. The first-order valence-corrected chi connectivity index (χ1v) is 12.9. The molecule has 0 radical (unpaired) electrons. The molecule has 0 bridgehead atoms. The van der Waals surface area contributed by atoms with E-state index >= 15 is 0 Å². The van der Waals surface area contributed by atoms with Gasteiger partial charge in [0.25, 0.3) is 0 Å². The van der Waals surface area contributed by atoms with Crippen LogP contribution in [0.1, 0.15) is 0 Å². The summed E-state index contributed by atoms with van der Waals surface area (Å²) in [5, 5.41) is 90.9. The number of phenols is 2. The molecule has 2 fully saturated rings. The van der Waals surface area contributed by atoms with Crippen LogP contribution < -0.4 is 10.2 Å². The molecule has 2 aliphatic heterocycles. The van der Waals surface area contributed by atoms with Gasteiger partial charge in [-0.05, 0) is 24.3 Å². The van der Waals surface area contributed by atoms with Crippen LogP contribution in [0.25, 0.3) is 22.3 Å². The maximum Gasteiger partial charge on any atom is 0.229 e. The van der Waals surface area contributed by atoms with E-state index in [1.807, 2.05) is 0 Å². The fraction of sp³-hybridized carbons (Fsp3) is 0.444. The normalized spacial score (nSPS) is 33.5. The summed E-state index contributed by atoms with van der Waals surface area (Å²) in [4.78, 5) is 12.8. The molecule has 228 valence electrons. The Morgan fingerprint density at radius 1 is 0.738 bits per heavy atom. The van der Waals surface area contributed by atoms with Crippen LogP contribution in [0.15, 0.2) is 51.7 Å². The largest absolute Gasteiger partial charge is 0.508 e. The molecule has 0 spiro atoms. The van der Waals surface area contributed by atoms with Crippen molar-refractivity contribution in [3.63, 3.8) is 0 Å². The molecule has 3 heterocycles. The van der Waals surface area contributed by atoms with Gasteiger partial charge in [-0.3, -0.25) is 4.79 Å². The van der Waals surface area contributed by atoms with Crippen molar-refractivity contribution in [2.75, 3.05) is 13.2 Å². The van der Waals surface area contributed by atoms with Crippen LogP contribution in [0.3, 0.4) is 0 Å². The topological polar surface area (TPSA) is 249 Å². The third kappa shape index (κ3) is 5.67. The van der Waals surface area contributed by atoms with Gasteiger partial charge in [-0.1, -0.05) is 0 Å². The zero-order valence-corrected chi connectivity index (χ0v) is 21.7. The van der Waals surface area contributed by atoms with Crippen molar-refractivity contribution in [2.24, 2.45) is 0 Å². The summed E-state index contributed by atoms with van der Waals surface area (Å²) in [6, 6.07) is 9.26. The Labute approximate surface area is 236 Å². The Kier molecular flexibility index (Phi) is 8.68. The highest BCUT2D eigenvalue weighted by molar-refractivity contribution is 5.86. The predicted octanol–water partition coefficient (Wildman–Crippen LogP) is -2.13. The molecule has 2 saturated heterocycles. The van der Waals surface area contributed by atoms with Gasteiger partial charge in [0.1, 0.15) is 76.7 Å². The van der Waals surface area contributed by atoms with Crippen LogP contribution in [0.2, 0.25) is 0 Å². The van der Waals surface area contributed by atoms with Crippen molar-refractivity contribution in [3.8, 4) is 28.6 Å². The highest BCUT2D eigenvalue weighted by Gasteiger charge is 2.51. The second-order valence-corrected chi connectivity index (χ2v) is 9.96. The van der Waals surface area contributed by atoms with Gasteiger partial charge in [-0.2, -0.15) is 0 Å². The van der Waals surface area contributed by atoms with Crippen LogP contribution in [0, 0.1) is 0 Å². The van der Waals surface area contributed by atoms with Crippen molar-refractivity contribution < 1.29 is 69.3 Å². The van der Waals surface area contributed by atoms with E-state index in [1.54, 1.807) is 0 Å². The molecule has 15 heteroatoms. The van der Waals surface area contributed by atoms with Gasteiger partial charge in [0, 0.05) is 23.8 Å². The minimum Gasteiger partial charge on any atom is -0.508 e. The molecule has 2 aliphatic rings. The lowest BCUT2D eigenvalue weighted by molar-refractivity contribution is -0.357. The predicted molar refractivity (Wildman–Crippen MR) is 138 cm³/mol. The minimum atomic E-state index is -1.86. The van der Waals surface area contributed by atoms with Crippen molar-refractivity contribution in [2.45, 2.75) is 61.4 Å². The first kappa shape index (κ1) is 30.1. The molecule has 5 rings (SSSR count). The molecular formula is C27H30O15. The lowest BCUT2D eigenvalue weighted by Gasteiger charge is -2.45. The molecular weight excluding hydrogens is 564 g/mol. The standard InChI is InChI=1S/C27H30O15/c28-8-17-20(33)22(35)24(37)26(40-17)42-25-23(36)21(34)18(9-29)41-27(25)38-12-5-13(31)19-14(32)7-15(39-16(19)6-12)10-1-3-11(30)4-2-10/h1-7,17-18,20-31,33-37H,8-9H2/t17-,18-,20-,21-,22+,23+,24-,25+,26+,27-/m1/s1. The van der Waals surface area contributed by atoms with Gasteiger partial charge >= 0.3 is 0 Å². The Morgan fingerprint density at radius 2 is 1.36 bits per heavy atom. The number of hydrogen-bond donors (Lipinski definition) is 9. The van der Waals surface area contributed by atoms with Crippen molar-refractivity contribution in [1.29, 1.82) is 0 Å². The van der Waals surface area contributed by atoms with Gasteiger partial charge < -0.3 is 69.3 Å². The fourth-order valence-corrected chi connectivity index (χ4v) is 4.84. The second-order valence-electron chi connectivity index (χ2n) is 9.96. The van der Waals surface area contributed by atoms with Crippen LogP contribution in [-0.4, -0.2) is 121 Å². The molecule has 0 aliphatic carbocycles. The first-order valence-electron chi connectivity index (χ1n) is 12.9. The Balaban J connectivity index is 1.47. The van der Waals surface area contributed by atoms with Crippen LogP contribution in [0.5, 0.6) is 17.2 Å². The molecule has 42 heavy (non-hydrogen) atoms. The molecule has 1 aromatic heterocycles. The molecule has 0 amide bonds. The van der Waals surface area contributed by atoms with E-state index in [0.717, 1.165) is 12.1 Å². The number of aliphatic hydroxyl groups is 7.